The third-order valence-corrected chi connectivity index (χ3v) is 8.57. The summed E-state index contributed by atoms with van der Waals surface area (Å²) in [6, 6.07) is 13.2. The minimum Gasteiger partial charge on any atom is -0.325 e. The van der Waals surface area contributed by atoms with E-state index in [1.807, 2.05) is 35.0 Å². The summed E-state index contributed by atoms with van der Waals surface area (Å²) in [7, 11) is 0. The van der Waals surface area contributed by atoms with Gasteiger partial charge in [0.2, 0.25) is 0 Å². The second-order valence-corrected chi connectivity index (χ2v) is 11.4. The number of benzene rings is 2. The van der Waals surface area contributed by atoms with Crippen molar-refractivity contribution in [3.05, 3.63) is 104 Å². The van der Waals surface area contributed by atoms with Crippen LogP contribution in [0.5, 0.6) is 0 Å². The zero-order valence-electron chi connectivity index (χ0n) is 22.7. The molecule has 2 aromatic carbocycles. The minimum atomic E-state index is -4.35. The van der Waals surface area contributed by atoms with Gasteiger partial charge < -0.3 is 9.13 Å². The number of hydrogen-bond donors (Lipinski definition) is 1. The van der Waals surface area contributed by atoms with Crippen LogP contribution >= 0.6 is 12.2 Å². The first-order valence-electron chi connectivity index (χ1n) is 14.1. The summed E-state index contributed by atoms with van der Waals surface area (Å²) in [4.78, 5) is 22.6. The van der Waals surface area contributed by atoms with Gasteiger partial charge in [-0.2, -0.15) is 13.2 Å². The molecule has 0 spiro atoms. The molecule has 2 aromatic heterocycles. The summed E-state index contributed by atoms with van der Waals surface area (Å²) in [6.45, 7) is 4.03. The molecule has 6 rings (SSSR count). The highest BCUT2D eigenvalue weighted by atomic mass is 32.1. The van der Waals surface area contributed by atoms with Gasteiger partial charge in [-0.15, -0.1) is 0 Å². The van der Waals surface area contributed by atoms with E-state index in [1.165, 1.54) is 31.4 Å². The van der Waals surface area contributed by atoms with Crippen LogP contribution in [0.1, 0.15) is 59.6 Å². The molecule has 214 valence electrons. The fraction of sp³-hybridized carbons (Fsp3) is 0.387. The lowest BCUT2D eigenvalue weighted by molar-refractivity contribution is -0.137. The molecule has 1 fully saturated rings. The summed E-state index contributed by atoms with van der Waals surface area (Å²) in [5, 5.41) is 0. The number of nitrogens with one attached hydrogen (secondary N) is 1. The van der Waals surface area contributed by atoms with Gasteiger partial charge in [0.1, 0.15) is 5.82 Å². The van der Waals surface area contributed by atoms with Gasteiger partial charge in [0.05, 0.1) is 17.8 Å². The number of rotatable bonds is 7. The zero-order chi connectivity index (χ0) is 28.6. The first kappa shape index (κ1) is 27.7. The maximum Gasteiger partial charge on any atom is 0.416 e. The summed E-state index contributed by atoms with van der Waals surface area (Å²) < 4.78 is 43.6. The maximum absolute atomic E-state index is 13.0. The van der Waals surface area contributed by atoms with Crippen LogP contribution in [0.25, 0.3) is 11.1 Å². The van der Waals surface area contributed by atoms with Crippen molar-refractivity contribution in [2.45, 2.75) is 64.3 Å². The van der Waals surface area contributed by atoms with Crippen LogP contribution in [-0.4, -0.2) is 37.1 Å². The summed E-state index contributed by atoms with van der Waals surface area (Å²) >= 11 is 5.58. The molecule has 0 atom stereocenters. The number of fused-ring (bicyclic) bond motifs is 1. The number of hydrogen-bond acceptors (Lipinski definition) is 4. The molecule has 1 aliphatic heterocycles. The lowest BCUT2D eigenvalue weighted by Crippen LogP contribution is -2.30. The number of piperidine rings is 1. The molecule has 6 nitrogen and oxygen atoms in total. The van der Waals surface area contributed by atoms with Crippen molar-refractivity contribution in [1.29, 1.82) is 0 Å². The number of halogens is 3. The Labute approximate surface area is 241 Å². The van der Waals surface area contributed by atoms with Crippen LogP contribution in [-0.2, 0) is 38.7 Å². The quantitative estimate of drug-likeness (QED) is 0.259. The van der Waals surface area contributed by atoms with Gasteiger partial charge in [0.15, 0.2) is 4.77 Å². The number of aromatic amines is 1. The standard InChI is InChI=1S/C31H32F3N5OS/c32-31(33,34)24-13-11-23(12-14-24)22-9-7-21(8-10-22)18-38-25(19-37-15-2-1-3-16-37)17-35-28(38)20-39-27-6-4-5-26(27)29(40)36-30(39)41/h7-14,17H,1-6,15-16,18-20H2,(H,36,40,41). The largest absolute Gasteiger partial charge is 0.416 e. The van der Waals surface area contributed by atoms with Crippen molar-refractivity contribution in [3.63, 3.8) is 0 Å². The second-order valence-electron chi connectivity index (χ2n) is 11.0. The van der Waals surface area contributed by atoms with Crippen LogP contribution in [0, 0.1) is 4.77 Å². The topological polar surface area (TPSA) is 58.9 Å². The average molecular weight is 580 g/mol. The number of alkyl halides is 3. The Balaban J connectivity index is 1.29. The van der Waals surface area contributed by atoms with Crippen molar-refractivity contribution >= 4 is 12.2 Å². The molecule has 0 bridgehead atoms. The molecule has 0 unspecified atom stereocenters. The molecule has 10 heteroatoms. The molecule has 4 aromatic rings. The normalized spacial score (nSPS) is 15.8. The highest BCUT2D eigenvalue weighted by molar-refractivity contribution is 7.71. The highest BCUT2D eigenvalue weighted by Gasteiger charge is 2.30. The Morgan fingerprint density at radius 1 is 0.829 bits per heavy atom. The molecule has 1 saturated heterocycles. The first-order chi connectivity index (χ1) is 19.8. The Hall–Kier alpha value is -3.50. The molecular weight excluding hydrogens is 547 g/mol. The Bertz CT molecular complexity index is 1650. The van der Waals surface area contributed by atoms with Crippen molar-refractivity contribution < 1.29 is 13.2 Å². The third kappa shape index (κ3) is 5.94. The molecule has 3 heterocycles. The number of imidazole rings is 1. The smallest absolute Gasteiger partial charge is 0.325 e. The van der Waals surface area contributed by atoms with E-state index in [1.54, 1.807) is 0 Å². The molecule has 0 amide bonds. The van der Waals surface area contributed by atoms with E-state index in [0.717, 1.165) is 90.5 Å². The van der Waals surface area contributed by atoms with E-state index in [-0.39, 0.29) is 5.56 Å². The Morgan fingerprint density at radius 2 is 1.51 bits per heavy atom. The summed E-state index contributed by atoms with van der Waals surface area (Å²) in [5.41, 5.74) is 4.88. The van der Waals surface area contributed by atoms with Crippen LogP contribution in [0.15, 0.2) is 59.5 Å². The molecular formula is C31H32F3N5OS. The van der Waals surface area contributed by atoms with Crippen molar-refractivity contribution in [3.8, 4) is 11.1 Å². The van der Waals surface area contributed by atoms with Crippen molar-refractivity contribution in [2.24, 2.45) is 0 Å². The van der Waals surface area contributed by atoms with E-state index in [9.17, 15) is 18.0 Å². The molecule has 41 heavy (non-hydrogen) atoms. The number of H-pyrrole nitrogens is 1. The lowest BCUT2D eigenvalue weighted by Gasteiger charge is -2.27. The second kappa shape index (κ2) is 11.4. The molecule has 0 saturated carbocycles. The predicted molar refractivity (Wildman–Crippen MR) is 154 cm³/mol. The monoisotopic (exact) mass is 579 g/mol. The van der Waals surface area contributed by atoms with E-state index >= 15 is 0 Å². The molecule has 1 aliphatic carbocycles. The molecule has 2 aliphatic rings. The molecule has 0 radical (unpaired) electrons. The van der Waals surface area contributed by atoms with E-state index in [0.29, 0.717) is 17.9 Å². The fourth-order valence-corrected chi connectivity index (χ4v) is 6.29. The van der Waals surface area contributed by atoms with Gasteiger partial charge >= 0.3 is 6.18 Å². The van der Waals surface area contributed by atoms with Gasteiger partial charge in [-0.05, 0) is 86.2 Å². The van der Waals surface area contributed by atoms with Crippen LogP contribution < -0.4 is 5.56 Å². The van der Waals surface area contributed by atoms with E-state index in [2.05, 4.69) is 14.5 Å². The van der Waals surface area contributed by atoms with E-state index in [4.69, 9.17) is 17.2 Å². The number of likely N-dealkylation sites (tertiary alicyclic amines) is 1. The third-order valence-electron chi connectivity index (χ3n) is 8.25. The van der Waals surface area contributed by atoms with Gasteiger partial charge in [-0.1, -0.05) is 42.8 Å². The van der Waals surface area contributed by atoms with Gasteiger partial charge in [0, 0.05) is 30.5 Å². The maximum atomic E-state index is 13.0. The van der Waals surface area contributed by atoms with Gasteiger partial charge in [-0.3, -0.25) is 14.7 Å². The van der Waals surface area contributed by atoms with Crippen LogP contribution in [0.2, 0.25) is 0 Å². The molecule has 1 N–H and O–H groups in total. The number of aromatic nitrogens is 4. The summed E-state index contributed by atoms with van der Waals surface area (Å²) in [5.74, 6) is 0.876. The van der Waals surface area contributed by atoms with Crippen LogP contribution in [0.4, 0.5) is 13.2 Å². The lowest BCUT2D eigenvalue weighted by atomic mass is 10.0. The fourth-order valence-electron chi connectivity index (χ4n) is 6.02. The van der Waals surface area contributed by atoms with Crippen molar-refractivity contribution in [2.75, 3.05) is 13.1 Å². The zero-order valence-corrected chi connectivity index (χ0v) is 23.5. The Kier molecular flexibility index (Phi) is 7.70. The van der Waals surface area contributed by atoms with Gasteiger partial charge in [0.25, 0.3) is 5.56 Å². The first-order valence-corrected chi connectivity index (χ1v) is 14.5. The van der Waals surface area contributed by atoms with Crippen LogP contribution in [0.3, 0.4) is 0 Å². The Morgan fingerprint density at radius 3 is 2.20 bits per heavy atom. The predicted octanol–water partition coefficient (Wildman–Crippen LogP) is 6.36. The highest BCUT2D eigenvalue weighted by Crippen LogP contribution is 2.31. The minimum absolute atomic E-state index is 0.0824. The van der Waals surface area contributed by atoms with Crippen molar-refractivity contribution in [1.82, 2.24) is 24.0 Å². The SMILES string of the molecule is O=c1[nH]c(=S)n(Cc2ncc(CN3CCCCC3)n2Cc2ccc(-c3ccc(C(F)(F)F)cc3)cc2)c2c1CCC2. The van der Waals surface area contributed by atoms with E-state index < -0.39 is 11.7 Å². The summed E-state index contributed by atoms with van der Waals surface area (Å²) in [6.07, 6.45) is 3.80. The average Bonchev–Trinajstić information content (AvgIpc) is 3.60. The van der Waals surface area contributed by atoms with Gasteiger partial charge in [-0.25, -0.2) is 4.98 Å². The number of nitrogens with zero attached hydrogens (tertiary/aromatic N) is 4.